The Balaban J connectivity index is -0.0000000294. The predicted octanol–water partition coefficient (Wildman–Crippen LogP) is 4.34. The maximum absolute atomic E-state index is 6.25. The molecular weight excluding hydrogens is 431 g/mol. The molecule has 0 aromatic rings. The molecule has 179 valence electrons. The van der Waals surface area contributed by atoms with Gasteiger partial charge in [-0.2, -0.15) is 0 Å². The third-order valence-corrected chi connectivity index (χ3v) is 5.37. The molecule has 0 aliphatic rings. The van der Waals surface area contributed by atoms with E-state index in [1.165, 1.54) is 61.3 Å². The molecule has 9 heteroatoms. The molecule has 0 aromatic heterocycles. The van der Waals surface area contributed by atoms with E-state index in [0.717, 1.165) is 0 Å². The number of quaternary nitrogens is 2. The van der Waals surface area contributed by atoms with Gasteiger partial charge in [-0.15, -0.1) is 0 Å². The molecule has 0 N–H and O–H groups in total. The molecule has 0 saturated carbocycles. The van der Waals surface area contributed by atoms with Gasteiger partial charge in [-0.1, -0.05) is 0 Å². The molecule has 31 heavy (non-hydrogen) atoms. The Morgan fingerprint density at radius 1 is 0.323 bits per heavy atom. The molecule has 0 aromatic carbocycles. The zero-order valence-electron chi connectivity index (χ0n) is 20.6. The molecule has 0 unspecified atom stereocenters. The van der Waals surface area contributed by atoms with E-state index in [1.54, 1.807) is 0 Å². The molecule has 0 fully saturated rings. The van der Waals surface area contributed by atoms with E-state index in [4.69, 9.17) is 71.0 Å². The van der Waals surface area contributed by atoms with Gasteiger partial charge in [-0.25, -0.2) is 0 Å². The van der Waals surface area contributed by atoms with Crippen LogP contribution in [0.1, 0.15) is 55.4 Å². The van der Waals surface area contributed by atoms with E-state index in [0.29, 0.717) is 0 Å². The van der Waals surface area contributed by atoms with Gasteiger partial charge in [-0.3, -0.25) is 0 Å². The van der Waals surface area contributed by atoms with Crippen LogP contribution in [0.15, 0.2) is 0 Å². The minimum atomic E-state index is 0. The van der Waals surface area contributed by atoms with E-state index in [1.807, 2.05) is 0 Å². The van der Waals surface area contributed by atoms with Crippen LogP contribution in [0.3, 0.4) is 0 Å². The third-order valence-electron chi connectivity index (χ3n) is 5.37. The van der Waals surface area contributed by atoms with E-state index in [2.05, 4.69) is 55.4 Å². The van der Waals surface area contributed by atoms with Crippen LogP contribution in [0, 0.1) is 71.0 Å². The molecule has 0 rings (SSSR count). The molecule has 0 aliphatic carbocycles. The first kappa shape index (κ1) is 56.6. The van der Waals surface area contributed by atoms with Gasteiger partial charge in [-0.05, 0) is 55.4 Å². The summed E-state index contributed by atoms with van der Waals surface area (Å²) in [5, 5.41) is 37.5. The van der Waals surface area contributed by atoms with E-state index < -0.39 is 0 Å². The molecule has 0 heterocycles. The van der Waals surface area contributed by atoms with E-state index in [9.17, 15) is 0 Å². The molecule has 0 saturated heterocycles. The van der Waals surface area contributed by atoms with E-state index >= 15 is 0 Å². The summed E-state index contributed by atoms with van der Waals surface area (Å²) in [6.45, 7) is 56.9. The van der Waals surface area contributed by atoms with Crippen molar-refractivity contribution in [3.8, 4) is 0 Å². The van der Waals surface area contributed by atoms with Crippen molar-refractivity contribution < 1.29 is 26.0 Å². The van der Waals surface area contributed by atoms with Gasteiger partial charge < -0.3 is 80.0 Å². The maximum atomic E-state index is 6.25. The summed E-state index contributed by atoms with van der Waals surface area (Å²) in [6.07, 6.45) is 0. The maximum Gasteiger partial charge on any atom is 0.0757 e. The smallest absolute Gasteiger partial charge is 0.0757 e. The summed E-state index contributed by atoms with van der Waals surface area (Å²) < 4.78 is 2.56. The second kappa shape index (κ2) is 63.1. The van der Waals surface area contributed by atoms with Crippen molar-refractivity contribution in [2.45, 2.75) is 55.4 Å². The van der Waals surface area contributed by atoms with Crippen LogP contribution in [0.4, 0.5) is 0 Å². The van der Waals surface area contributed by atoms with Crippen LogP contribution >= 0.6 is 0 Å². The van der Waals surface area contributed by atoms with Crippen LogP contribution in [0.5, 0.6) is 0 Å². The summed E-state index contributed by atoms with van der Waals surface area (Å²) in [6, 6.07) is 0. The van der Waals surface area contributed by atoms with Gasteiger partial charge >= 0.3 is 0 Å². The Kier molecular flexibility index (Phi) is 115. The zero-order valence-corrected chi connectivity index (χ0v) is 21.8. The Morgan fingerprint density at radius 2 is 0.387 bits per heavy atom. The van der Waals surface area contributed by atoms with Crippen molar-refractivity contribution in [2.24, 2.45) is 0 Å². The number of hydrogen-bond acceptors (Lipinski definition) is 6. The van der Waals surface area contributed by atoms with Crippen molar-refractivity contribution in [1.82, 2.24) is 0 Å². The summed E-state index contributed by atoms with van der Waals surface area (Å²) in [4.78, 5) is 0. The normalized spacial score (nSPS) is 7.35. The first-order valence-electron chi connectivity index (χ1n) is 9.53. The molecule has 8 nitrogen and oxygen atoms in total. The third kappa shape index (κ3) is 38.6. The van der Waals surface area contributed by atoms with Crippen molar-refractivity contribution in [3.05, 3.63) is 39.4 Å². The molecule has 0 amide bonds. The quantitative estimate of drug-likeness (QED) is 0.293. The summed E-state index contributed by atoms with van der Waals surface area (Å²) in [5.74, 6) is 0. The van der Waals surface area contributed by atoms with Crippen molar-refractivity contribution in [3.63, 3.8) is 0 Å². The van der Waals surface area contributed by atoms with Gasteiger partial charge in [0.25, 0.3) is 0 Å². The fraction of sp³-hybridized carbons (Fsp3) is 0.727. The van der Waals surface area contributed by atoms with Crippen LogP contribution < -0.4 is 0 Å². The van der Waals surface area contributed by atoms with Gasteiger partial charge in [0, 0.05) is 17.1 Å². The Morgan fingerprint density at radius 3 is 0.387 bits per heavy atom. The van der Waals surface area contributed by atoms with Gasteiger partial charge in [0.15, 0.2) is 0 Å². The SMILES string of the molecule is CC[N+](CC)(CC)CC.CC[N+](CC)(CC)CC.[C-]#N.[C-]#N.[C-]#N.[C-]#N.[C-]#N.[C-]#N.[Mn]. The van der Waals surface area contributed by atoms with Crippen LogP contribution in [0.25, 0.3) is 0 Å². The zero-order chi connectivity index (χ0) is 26.7. The van der Waals surface area contributed by atoms with Crippen LogP contribution in [-0.4, -0.2) is 61.3 Å². The average Bonchev–Trinajstić information content (AvgIpc) is 2.90. The summed E-state index contributed by atoms with van der Waals surface area (Å²) in [7, 11) is 0. The molecular formula is C22H40MnN8-4. The monoisotopic (exact) mass is 471 g/mol. The number of rotatable bonds is 8. The standard InChI is InChI=1S/2C8H20N.6CN.Mn/c2*1-5-9(6-2,7-3)8-4;6*1-2;/h2*5-8H2,1-4H3;;;;;;;/q2*+1;6*-1;. The molecule has 0 aliphatic heterocycles. The van der Waals surface area contributed by atoms with Gasteiger partial charge in [0.2, 0.25) is 0 Å². The summed E-state index contributed by atoms with van der Waals surface area (Å²) in [5.41, 5.74) is 0. The first-order valence-corrected chi connectivity index (χ1v) is 9.53. The minimum absolute atomic E-state index is 0. The molecule has 0 atom stereocenters. The Hall–Kier alpha value is -2.62. The topological polar surface area (TPSA) is 143 Å². The predicted molar refractivity (Wildman–Crippen MR) is 115 cm³/mol. The van der Waals surface area contributed by atoms with E-state index in [-0.39, 0.29) is 17.1 Å². The van der Waals surface area contributed by atoms with Crippen molar-refractivity contribution in [1.29, 1.82) is 31.6 Å². The summed E-state index contributed by atoms with van der Waals surface area (Å²) >= 11 is 0. The molecule has 1 radical (unpaired) electrons. The second-order valence-electron chi connectivity index (χ2n) is 5.21. The fourth-order valence-corrected chi connectivity index (χ4v) is 2.68. The Labute approximate surface area is 204 Å². The second-order valence-corrected chi connectivity index (χ2v) is 5.21. The largest absolute Gasteiger partial charge is 0.512 e. The van der Waals surface area contributed by atoms with Crippen molar-refractivity contribution >= 4 is 0 Å². The van der Waals surface area contributed by atoms with Gasteiger partial charge in [0.05, 0.1) is 52.4 Å². The first-order chi connectivity index (χ1) is 14.5. The average molecular weight is 472 g/mol. The molecule has 0 spiro atoms. The minimum Gasteiger partial charge on any atom is -0.512 e. The van der Waals surface area contributed by atoms with Crippen molar-refractivity contribution in [2.75, 3.05) is 52.4 Å². The van der Waals surface area contributed by atoms with Gasteiger partial charge in [0.1, 0.15) is 0 Å². The number of nitrogens with zero attached hydrogens (tertiary/aromatic N) is 8. The Bertz CT molecular complexity index is 288. The fourth-order valence-electron chi connectivity index (χ4n) is 2.68. The van der Waals surface area contributed by atoms with Crippen LogP contribution in [-0.2, 0) is 17.1 Å². The number of hydrogen-bond donors (Lipinski definition) is 0. The van der Waals surface area contributed by atoms with Crippen LogP contribution in [0.2, 0.25) is 0 Å². The molecule has 0 bridgehead atoms.